The molecule has 0 N–H and O–H groups in total. The molecule has 15 rings (SSSR count). The zero-order valence-electron chi connectivity index (χ0n) is 40.4. The fraction of sp³-hybridized carbons (Fsp3) is 0. The van der Waals surface area contributed by atoms with Crippen LogP contribution in [0.2, 0.25) is 0 Å². The van der Waals surface area contributed by atoms with Crippen molar-refractivity contribution in [1.82, 2.24) is 19.5 Å². The third kappa shape index (κ3) is 7.29. The number of para-hydroxylation sites is 2. The lowest BCUT2D eigenvalue weighted by atomic mass is 9.92. The van der Waals surface area contributed by atoms with E-state index in [0.29, 0.717) is 17.5 Å². The molecule has 0 atom stereocenters. The number of rotatable bonds is 8. The van der Waals surface area contributed by atoms with Crippen LogP contribution in [0.15, 0.2) is 255 Å². The molecule has 0 radical (unpaired) electrons. The number of thiophene rings is 2. The van der Waals surface area contributed by atoms with Crippen LogP contribution in [0.25, 0.3) is 147 Å². The molecule has 0 aliphatic rings. The van der Waals surface area contributed by atoms with Crippen molar-refractivity contribution in [2.24, 2.45) is 0 Å². The molecule has 0 saturated carbocycles. The molecule has 0 amide bonds. The Morgan fingerprint density at radius 3 is 1.01 bits per heavy atom. The summed E-state index contributed by atoms with van der Waals surface area (Å²) in [5, 5.41) is 7.35. The Hall–Kier alpha value is -9.33. The summed E-state index contributed by atoms with van der Waals surface area (Å²) in [4.78, 5) is 16.4. The van der Waals surface area contributed by atoms with Gasteiger partial charge in [0.25, 0.3) is 0 Å². The van der Waals surface area contributed by atoms with E-state index in [1.54, 1.807) is 22.7 Å². The molecule has 11 aromatic carbocycles. The van der Waals surface area contributed by atoms with Gasteiger partial charge in [-0.05, 0) is 58.7 Å². The second-order valence-electron chi connectivity index (χ2n) is 19.0. The fourth-order valence-electron chi connectivity index (χ4n) is 11.2. The van der Waals surface area contributed by atoms with Crippen molar-refractivity contribution in [1.29, 1.82) is 0 Å². The standard InChI is InChI=1S/C69H42N4S2/c1-5-19-43(20-6-1)50-29-17-31-56-57-32-18-30-51(44-21-7-2-8-22-44)65(57)73(64(50)56)66-58(45-23-9-3-10-24-45)39-49(40-59(66)46-25-11-4-12-26-46)69-71-67(47-35-37-54-52-27-13-15-33-60(52)74-62(54)41-47)70-68(72-69)48-36-38-55-53-28-14-16-34-61(53)75-63(55)42-48/h1-42H. The number of nitrogens with zero attached hydrogens (tertiary/aromatic N) is 4. The van der Waals surface area contributed by atoms with Crippen LogP contribution in [-0.2, 0) is 0 Å². The average molecular weight is 991 g/mol. The van der Waals surface area contributed by atoms with Crippen molar-refractivity contribution < 1.29 is 0 Å². The van der Waals surface area contributed by atoms with Gasteiger partial charge in [-0.3, -0.25) is 0 Å². The monoisotopic (exact) mass is 990 g/mol. The van der Waals surface area contributed by atoms with E-state index in [1.165, 1.54) is 51.1 Å². The molecular weight excluding hydrogens is 949 g/mol. The van der Waals surface area contributed by atoms with Crippen molar-refractivity contribution in [3.05, 3.63) is 255 Å². The van der Waals surface area contributed by atoms with Gasteiger partial charge in [0, 0.05) is 90.1 Å². The van der Waals surface area contributed by atoms with E-state index < -0.39 is 0 Å². The molecule has 0 unspecified atom stereocenters. The van der Waals surface area contributed by atoms with Gasteiger partial charge in [0.05, 0.1) is 16.7 Å². The van der Waals surface area contributed by atoms with Crippen molar-refractivity contribution in [3.8, 4) is 84.4 Å². The van der Waals surface area contributed by atoms with Gasteiger partial charge < -0.3 is 4.57 Å². The van der Waals surface area contributed by atoms with Gasteiger partial charge in [-0.25, -0.2) is 15.0 Å². The predicted octanol–water partition coefficient (Wildman–Crippen LogP) is 19.4. The van der Waals surface area contributed by atoms with Gasteiger partial charge in [-0.1, -0.05) is 218 Å². The lowest BCUT2D eigenvalue weighted by molar-refractivity contribution is 1.07. The van der Waals surface area contributed by atoms with Crippen molar-refractivity contribution in [2.75, 3.05) is 0 Å². The number of aromatic nitrogens is 4. The average Bonchev–Trinajstić information content (AvgIpc) is 4.18. The smallest absolute Gasteiger partial charge is 0.164 e. The van der Waals surface area contributed by atoms with Crippen LogP contribution in [0, 0.1) is 0 Å². The van der Waals surface area contributed by atoms with Gasteiger partial charge in [-0.15, -0.1) is 22.7 Å². The Bertz CT molecular complexity index is 4400. The molecule has 75 heavy (non-hydrogen) atoms. The zero-order valence-corrected chi connectivity index (χ0v) is 42.0. The first-order valence-corrected chi connectivity index (χ1v) is 26.9. The normalized spacial score (nSPS) is 11.7. The molecule has 0 aliphatic heterocycles. The maximum absolute atomic E-state index is 5.50. The molecule has 4 aromatic heterocycles. The van der Waals surface area contributed by atoms with E-state index in [2.05, 4.69) is 259 Å². The minimum atomic E-state index is 0.598. The Morgan fingerprint density at radius 2 is 0.587 bits per heavy atom. The molecule has 4 heterocycles. The number of hydrogen-bond acceptors (Lipinski definition) is 5. The summed E-state index contributed by atoms with van der Waals surface area (Å²) in [6, 6.07) is 92.0. The largest absolute Gasteiger partial charge is 0.307 e. The summed E-state index contributed by atoms with van der Waals surface area (Å²) in [6.45, 7) is 0. The van der Waals surface area contributed by atoms with Gasteiger partial charge in [0.1, 0.15) is 0 Å². The van der Waals surface area contributed by atoms with E-state index in [-0.39, 0.29) is 0 Å². The molecular formula is C69H42N4S2. The molecule has 15 aromatic rings. The van der Waals surface area contributed by atoms with Crippen molar-refractivity contribution in [2.45, 2.75) is 0 Å². The second-order valence-corrected chi connectivity index (χ2v) is 21.2. The summed E-state index contributed by atoms with van der Waals surface area (Å²) >= 11 is 3.61. The molecule has 0 fully saturated rings. The highest BCUT2D eigenvalue weighted by Gasteiger charge is 2.26. The van der Waals surface area contributed by atoms with Gasteiger partial charge in [0.15, 0.2) is 17.5 Å². The molecule has 350 valence electrons. The zero-order chi connectivity index (χ0) is 49.4. The lowest BCUT2D eigenvalue weighted by Crippen LogP contribution is -2.05. The predicted molar refractivity (Wildman–Crippen MR) is 318 cm³/mol. The highest BCUT2D eigenvalue weighted by molar-refractivity contribution is 7.26. The third-order valence-corrected chi connectivity index (χ3v) is 16.9. The minimum absolute atomic E-state index is 0.598. The fourth-order valence-corrected chi connectivity index (χ4v) is 13.5. The van der Waals surface area contributed by atoms with E-state index >= 15 is 0 Å². The maximum Gasteiger partial charge on any atom is 0.164 e. The highest BCUT2D eigenvalue weighted by Crippen LogP contribution is 2.48. The summed E-state index contributed by atoms with van der Waals surface area (Å²) < 4.78 is 7.48. The third-order valence-electron chi connectivity index (χ3n) is 14.6. The lowest BCUT2D eigenvalue weighted by Gasteiger charge is -2.22. The SMILES string of the molecule is c1ccc(-c2cc(-c3nc(-c4ccc5c(c4)sc4ccccc45)nc(-c4ccc5c(c4)sc4ccccc45)n3)cc(-c3ccccc3)c2-n2c3c(-c4ccccc4)cccc3c3cccc(-c4ccccc4)c32)cc1. The van der Waals surface area contributed by atoms with Crippen molar-refractivity contribution in [3.63, 3.8) is 0 Å². The van der Waals surface area contributed by atoms with Gasteiger partial charge >= 0.3 is 0 Å². The second kappa shape index (κ2) is 17.7. The van der Waals surface area contributed by atoms with E-state index in [0.717, 1.165) is 77.9 Å². The van der Waals surface area contributed by atoms with E-state index in [4.69, 9.17) is 15.0 Å². The van der Waals surface area contributed by atoms with Gasteiger partial charge in [0.2, 0.25) is 0 Å². The van der Waals surface area contributed by atoms with Crippen molar-refractivity contribution >= 4 is 84.8 Å². The molecule has 6 heteroatoms. The van der Waals surface area contributed by atoms with Crippen LogP contribution in [0.1, 0.15) is 0 Å². The summed E-state index contributed by atoms with van der Waals surface area (Å²) in [5.41, 5.74) is 15.0. The quantitative estimate of drug-likeness (QED) is 0.152. The summed E-state index contributed by atoms with van der Waals surface area (Å²) in [6.07, 6.45) is 0. The Morgan fingerprint density at radius 1 is 0.240 bits per heavy atom. The van der Waals surface area contributed by atoms with Gasteiger partial charge in [-0.2, -0.15) is 0 Å². The number of hydrogen-bond donors (Lipinski definition) is 0. The first-order valence-electron chi connectivity index (χ1n) is 25.2. The molecule has 0 aliphatic carbocycles. The topological polar surface area (TPSA) is 43.6 Å². The van der Waals surface area contributed by atoms with Crippen LogP contribution in [-0.4, -0.2) is 19.5 Å². The maximum atomic E-state index is 5.50. The molecule has 0 saturated heterocycles. The van der Waals surface area contributed by atoms with Crippen LogP contribution in [0.3, 0.4) is 0 Å². The van der Waals surface area contributed by atoms with Crippen LogP contribution in [0.4, 0.5) is 0 Å². The highest BCUT2D eigenvalue weighted by atomic mass is 32.1. The molecule has 0 spiro atoms. The van der Waals surface area contributed by atoms with Crippen LogP contribution in [0.5, 0.6) is 0 Å². The van der Waals surface area contributed by atoms with Crippen LogP contribution < -0.4 is 0 Å². The Kier molecular flexibility index (Phi) is 10.2. The van der Waals surface area contributed by atoms with Crippen LogP contribution >= 0.6 is 22.7 Å². The summed E-state index contributed by atoms with van der Waals surface area (Å²) in [7, 11) is 0. The summed E-state index contributed by atoms with van der Waals surface area (Å²) in [5.74, 6) is 1.85. The molecule has 0 bridgehead atoms. The Balaban J connectivity index is 1.05. The first kappa shape index (κ1) is 43.3. The minimum Gasteiger partial charge on any atom is -0.307 e. The van der Waals surface area contributed by atoms with E-state index in [1.807, 2.05) is 0 Å². The number of fused-ring (bicyclic) bond motifs is 9. The van der Waals surface area contributed by atoms with E-state index in [9.17, 15) is 0 Å². The number of benzene rings is 11. The molecule has 4 nitrogen and oxygen atoms in total. The first-order chi connectivity index (χ1) is 37.2. The Labute approximate surface area is 440 Å².